The third kappa shape index (κ3) is 6.72. The van der Waals surface area contributed by atoms with Gasteiger partial charge in [0.1, 0.15) is 31.1 Å². The van der Waals surface area contributed by atoms with Crippen LogP contribution in [0.4, 0.5) is 4.39 Å². The van der Waals surface area contributed by atoms with Crippen molar-refractivity contribution < 1.29 is 47.2 Å². The number of terminal acetylenes is 1. The standard InChI is InChI=1S/C25H36FN6O9P/c1-6-25(26)22(35)16(13-40-42(37,29-11-18(33)38-7-2)30-12-19(34)39-8-3)41-24(25,5)32-14-28-20-21(32)15(4)9-10-17(27)31-23(20)36/h1,14-16,22,35H,7-13H2,2-5H3,(H2,27,31,36)(H2,29,30,37). The van der Waals surface area contributed by atoms with Crippen LogP contribution in [0.5, 0.6) is 0 Å². The molecule has 5 atom stereocenters. The predicted molar refractivity (Wildman–Crippen MR) is 146 cm³/mol. The number of amides is 1. The highest BCUT2D eigenvalue weighted by molar-refractivity contribution is 7.54. The van der Waals surface area contributed by atoms with Gasteiger partial charge in [-0.1, -0.05) is 12.8 Å². The van der Waals surface area contributed by atoms with Crippen molar-refractivity contribution >= 4 is 31.4 Å². The number of esters is 2. The molecular formula is C25H36FN6O9P. The lowest BCUT2D eigenvalue weighted by molar-refractivity contribution is -0.142. The molecule has 1 aromatic heterocycles. The fourth-order valence-electron chi connectivity index (χ4n) is 4.71. The zero-order valence-electron chi connectivity index (χ0n) is 23.8. The second-order valence-electron chi connectivity index (χ2n) is 9.76. The summed E-state index contributed by atoms with van der Waals surface area (Å²) in [6, 6.07) is 0. The Kier molecular flexibility index (Phi) is 10.6. The van der Waals surface area contributed by atoms with Gasteiger partial charge in [0.15, 0.2) is 11.4 Å². The molecule has 1 aromatic rings. The van der Waals surface area contributed by atoms with Crippen LogP contribution in [0.2, 0.25) is 0 Å². The van der Waals surface area contributed by atoms with Crippen LogP contribution in [-0.2, 0) is 38.6 Å². The van der Waals surface area contributed by atoms with E-state index in [0.717, 1.165) is 0 Å². The number of nitrogens with one attached hydrogen (secondary N) is 2. The summed E-state index contributed by atoms with van der Waals surface area (Å²) in [5.41, 5.74) is 1.01. The molecule has 3 rings (SSSR count). The summed E-state index contributed by atoms with van der Waals surface area (Å²) < 4.78 is 52.4. The summed E-state index contributed by atoms with van der Waals surface area (Å²) in [5, 5.41) is 15.8. The van der Waals surface area contributed by atoms with Crippen LogP contribution < -0.4 is 15.9 Å². The number of alkyl halides is 1. The van der Waals surface area contributed by atoms with E-state index >= 15 is 4.39 Å². The second-order valence-corrected chi connectivity index (χ2v) is 11.8. The Morgan fingerprint density at radius 2 is 1.90 bits per heavy atom. The average molecular weight is 615 g/mol. The van der Waals surface area contributed by atoms with Gasteiger partial charge in [0.05, 0.1) is 31.8 Å². The maximum absolute atomic E-state index is 16.6. The molecule has 0 bridgehead atoms. The number of halogens is 1. The molecule has 232 valence electrons. The minimum absolute atomic E-state index is 0.0647. The number of rotatable bonds is 12. The number of aliphatic hydroxyl groups is 1. The van der Waals surface area contributed by atoms with Crippen molar-refractivity contribution in [3.63, 3.8) is 0 Å². The van der Waals surface area contributed by atoms with Crippen molar-refractivity contribution in [2.45, 2.75) is 70.1 Å². The minimum Gasteiger partial charge on any atom is -0.465 e. The molecule has 3 heterocycles. The van der Waals surface area contributed by atoms with E-state index < -0.39 is 68.8 Å². The molecular weight excluding hydrogens is 578 g/mol. The van der Waals surface area contributed by atoms with Crippen molar-refractivity contribution in [2.75, 3.05) is 32.9 Å². The maximum atomic E-state index is 16.6. The number of hydrogen-bond acceptors (Lipinski definition) is 11. The highest BCUT2D eigenvalue weighted by Gasteiger charge is 2.66. The van der Waals surface area contributed by atoms with E-state index in [-0.39, 0.29) is 36.4 Å². The lowest BCUT2D eigenvalue weighted by atomic mass is 9.88. The van der Waals surface area contributed by atoms with Gasteiger partial charge in [-0.25, -0.2) is 19.5 Å². The first kappa shape index (κ1) is 33.3. The highest BCUT2D eigenvalue weighted by Crippen LogP contribution is 2.49. The Hall–Kier alpha value is -3.19. The van der Waals surface area contributed by atoms with Gasteiger partial charge in [0.2, 0.25) is 5.67 Å². The first-order valence-corrected chi connectivity index (χ1v) is 14.9. The van der Waals surface area contributed by atoms with Crippen molar-refractivity contribution in [3.05, 3.63) is 17.7 Å². The van der Waals surface area contributed by atoms with Crippen LogP contribution in [-0.4, -0.2) is 89.1 Å². The normalized spacial score (nSPS) is 27.8. The number of amidine groups is 1. The monoisotopic (exact) mass is 614 g/mol. The van der Waals surface area contributed by atoms with Gasteiger partial charge >= 0.3 is 19.6 Å². The number of aliphatic imine (C=N–C) groups is 1. The van der Waals surface area contributed by atoms with Crippen molar-refractivity contribution in [1.82, 2.24) is 19.7 Å². The summed E-state index contributed by atoms with van der Waals surface area (Å²) in [7, 11) is -4.22. The lowest BCUT2D eigenvalue weighted by Gasteiger charge is -2.36. The van der Waals surface area contributed by atoms with Crippen LogP contribution in [0.15, 0.2) is 11.3 Å². The van der Waals surface area contributed by atoms with E-state index in [4.69, 9.17) is 30.9 Å². The van der Waals surface area contributed by atoms with E-state index in [2.05, 4.69) is 20.2 Å². The second kappa shape index (κ2) is 13.4. The number of ether oxygens (including phenoxy) is 3. The third-order valence-corrected chi connectivity index (χ3v) is 8.59. The SMILES string of the molecule is C#CC1(F)C(O)C(COP(=O)(NCC(=O)OCC)NCC(=O)OCC)OC1(C)n1cnc2c1C(C)CCC(N)=NC2=O. The molecule has 1 amide bonds. The topological polar surface area (TPSA) is 206 Å². The number of nitrogens with two attached hydrogens (primary N) is 1. The number of imidazole rings is 1. The van der Waals surface area contributed by atoms with Crippen molar-refractivity contribution in [2.24, 2.45) is 10.7 Å². The first-order chi connectivity index (χ1) is 19.7. The summed E-state index contributed by atoms with van der Waals surface area (Å²) >= 11 is 0. The Labute approximate surface area is 242 Å². The number of nitrogens with zero attached hydrogens (tertiary/aromatic N) is 3. The lowest BCUT2D eigenvalue weighted by Crippen LogP contribution is -2.52. The van der Waals surface area contributed by atoms with Crippen molar-refractivity contribution in [1.29, 1.82) is 0 Å². The van der Waals surface area contributed by atoms with Gasteiger partial charge in [-0.3, -0.25) is 18.9 Å². The van der Waals surface area contributed by atoms with Crippen LogP contribution >= 0.6 is 7.67 Å². The van der Waals surface area contributed by atoms with Gasteiger partial charge in [0, 0.05) is 6.42 Å². The number of aliphatic hydroxyl groups excluding tert-OH is 1. The Morgan fingerprint density at radius 3 is 2.45 bits per heavy atom. The van der Waals surface area contributed by atoms with E-state index in [1.807, 2.05) is 5.92 Å². The fourth-order valence-corrected chi connectivity index (χ4v) is 6.04. The molecule has 0 aromatic carbocycles. The Balaban J connectivity index is 1.90. The summed E-state index contributed by atoms with van der Waals surface area (Å²) in [5.74, 6) is -0.491. The number of carbonyl (C=O) groups excluding carboxylic acids is 3. The Morgan fingerprint density at radius 1 is 1.31 bits per heavy atom. The summed E-state index contributed by atoms with van der Waals surface area (Å²) in [4.78, 5) is 44.4. The molecule has 5 unspecified atom stereocenters. The van der Waals surface area contributed by atoms with Gasteiger partial charge in [-0.2, -0.15) is 4.99 Å². The van der Waals surface area contributed by atoms with Crippen LogP contribution in [0, 0.1) is 12.3 Å². The number of fused-ring (bicyclic) bond motifs is 1. The molecule has 0 saturated carbocycles. The molecule has 0 spiro atoms. The molecule has 17 heteroatoms. The molecule has 0 aliphatic carbocycles. The smallest absolute Gasteiger partial charge is 0.341 e. The zero-order chi connectivity index (χ0) is 31.3. The van der Waals surface area contributed by atoms with Crippen LogP contribution in [0.1, 0.15) is 62.6 Å². The molecule has 1 saturated heterocycles. The molecule has 5 N–H and O–H groups in total. The molecule has 1 fully saturated rings. The van der Waals surface area contributed by atoms with E-state index in [9.17, 15) is 24.1 Å². The quantitative estimate of drug-likeness (QED) is 0.144. The molecule has 0 radical (unpaired) electrons. The third-order valence-electron chi connectivity index (χ3n) is 6.93. The van der Waals surface area contributed by atoms with E-state index in [1.54, 1.807) is 20.8 Å². The molecule has 2 aliphatic heterocycles. The highest BCUT2D eigenvalue weighted by atomic mass is 31.2. The first-order valence-electron chi connectivity index (χ1n) is 13.3. The Bertz CT molecular complexity index is 1290. The van der Waals surface area contributed by atoms with E-state index in [1.165, 1.54) is 17.8 Å². The molecule has 2 aliphatic rings. The average Bonchev–Trinajstić information content (AvgIpc) is 3.48. The molecule has 15 nitrogen and oxygen atoms in total. The number of carbonyl (C=O) groups is 3. The summed E-state index contributed by atoms with van der Waals surface area (Å²) in [6.45, 7) is 4.52. The largest absolute Gasteiger partial charge is 0.465 e. The van der Waals surface area contributed by atoms with E-state index in [0.29, 0.717) is 12.8 Å². The van der Waals surface area contributed by atoms with Crippen LogP contribution in [0.25, 0.3) is 0 Å². The van der Waals surface area contributed by atoms with Crippen LogP contribution in [0.3, 0.4) is 0 Å². The van der Waals surface area contributed by atoms with Gasteiger partial charge in [-0.15, -0.1) is 6.42 Å². The zero-order valence-corrected chi connectivity index (χ0v) is 24.7. The van der Waals surface area contributed by atoms with Gasteiger partial charge < -0.3 is 34.1 Å². The number of aromatic nitrogens is 2. The van der Waals surface area contributed by atoms with Crippen molar-refractivity contribution in [3.8, 4) is 12.3 Å². The van der Waals surface area contributed by atoms with Gasteiger partial charge in [0.25, 0.3) is 5.91 Å². The maximum Gasteiger partial charge on any atom is 0.341 e. The minimum atomic E-state index is -4.22. The molecule has 42 heavy (non-hydrogen) atoms. The summed E-state index contributed by atoms with van der Waals surface area (Å²) in [6.07, 6.45) is 3.99. The number of hydrogen-bond donors (Lipinski definition) is 4. The fraction of sp³-hybridized carbons (Fsp3) is 0.640. The predicted octanol–water partition coefficient (Wildman–Crippen LogP) is 0.482. The van der Waals surface area contributed by atoms with Gasteiger partial charge in [-0.05, 0) is 33.1 Å².